The maximum Gasteiger partial charge on any atom is 0.181 e. The van der Waals surface area contributed by atoms with Crippen molar-refractivity contribution in [3.05, 3.63) is 35.9 Å². The van der Waals surface area contributed by atoms with Gasteiger partial charge in [-0.25, -0.2) is 0 Å². The van der Waals surface area contributed by atoms with Gasteiger partial charge in [-0.15, -0.1) is 0 Å². The molecule has 0 aliphatic heterocycles. The maximum absolute atomic E-state index is 9.80. The molecule has 0 amide bonds. The Morgan fingerprint density at radius 3 is 2.11 bits per heavy atom. The molecule has 0 heterocycles. The summed E-state index contributed by atoms with van der Waals surface area (Å²) in [6.45, 7) is 2.89. The molecular weight excluding hydrogens is 236 g/mol. The van der Waals surface area contributed by atoms with Crippen molar-refractivity contribution in [2.75, 3.05) is 6.61 Å². The first-order valence-corrected chi connectivity index (χ1v) is 7.69. The van der Waals surface area contributed by atoms with Gasteiger partial charge in [0.25, 0.3) is 0 Å². The Balaban J connectivity index is 1.93. The van der Waals surface area contributed by atoms with Crippen molar-refractivity contribution in [3.8, 4) is 0 Å². The molecule has 0 aliphatic rings. The van der Waals surface area contributed by atoms with Crippen molar-refractivity contribution in [2.45, 2.75) is 64.6 Å². The Hall–Kier alpha value is -0.860. The Morgan fingerprint density at radius 2 is 1.47 bits per heavy atom. The van der Waals surface area contributed by atoms with Crippen LogP contribution in [0.3, 0.4) is 0 Å². The van der Waals surface area contributed by atoms with Crippen LogP contribution in [0.2, 0.25) is 0 Å². The average Bonchev–Trinajstić information content (AvgIpc) is 2.46. The van der Waals surface area contributed by atoms with Gasteiger partial charge in [0.15, 0.2) is 6.29 Å². The van der Waals surface area contributed by atoms with Crippen molar-refractivity contribution in [1.82, 2.24) is 0 Å². The summed E-state index contributed by atoms with van der Waals surface area (Å²) in [6, 6.07) is 9.54. The highest BCUT2D eigenvalue weighted by molar-refractivity contribution is 5.15. The monoisotopic (exact) mass is 264 g/mol. The third kappa shape index (κ3) is 8.02. The molecule has 0 bridgehead atoms. The van der Waals surface area contributed by atoms with Crippen LogP contribution in [0.4, 0.5) is 0 Å². The summed E-state index contributed by atoms with van der Waals surface area (Å²) in [4.78, 5) is 0. The molecule has 0 aliphatic carbocycles. The predicted molar refractivity (Wildman–Crippen MR) is 80.0 cm³/mol. The van der Waals surface area contributed by atoms with Crippen LogP contribution >= 0.6 is 0 Å². The van der Waals surface area contributed by atoms with Gasteiger partial charge < -0.3 is 9.84 Å². The van der Waals surface area contributed by atoms with Crippen LogP contribution in [0.5, 0.6) is 0 Å². The topological polar surface area (TPSA) is 29.5 Å². The van der Waals surface area contributed by atoms with Crippen LogP contribution in [0.1, 0.15) is 70.1 Å². The highest BCUT2D eigenvalue weighted by Crippen LogP contribution is 2.14. The van der Waals surface area contributed by atoms with Gasteiger partial charge in [0.1, 0.15) is 0 Å². The summed E-state index contributed by atoms with van der Waals surface area (Å²) in [7, 11) is 0. The first kappa shape index (κ1) is 16.2. The second-order valence-corrected chi connectivity index (χ2v) is 5.11. The van der Waals surface area contributed by atoms with E-state index in [0.29, 0.717) is 6.61 Å². The van der Waals surface area contributed by atoms with Crippen molar-refractivity contribution >= 4 is 0 Å². The number of ether oxygens (including phenoxy) is 1. The van der Waals surface area contributed by atoms with Gasteiger partial charge in [0, 0.05) is 5.56 Å². The molecule has 0 saturated heterocycles. The Morgan fingerprint density at radius 1 is 0.895 bits per heavy atom. The fourth-order valence-corrected chi connectivity index (χ4v) is 2.14. The molecule has 2 nitrogen and oxygen atoms in total. The van der Waals surface area contributed by atoms with E-state index in [4.69, 9.17) is 4.74 Å². The lowest BCUT2D eigenvalue weighted by molar-refractivity contribution is -0.103. The molecule has 19 heavy (non-hydrogen) atoms. The molecule has 0 spiro atoms. The number of hydrogen-bond acceptors (Lipinski definition) is 2. The van der Waals surface area contributed by atoms with Gasteiger partial charge in [0.2, 0.25) is 0 Å². The summed E-state index contributed by atoms with van der Waals surface area (Å²) in [6.07, 6.45) is 9.51. The molecule has 108 valence electrons. The van der Waals surface area contributed by atoms with Crippen molar-refractivity contribution in [2.24, 2.45) is 0 Å². The first-order valence-electron chi connectivity index (χ1n) is 7.69. The van der Waals surface area contributed by atoms with Gasteiger partial charge >= 0.3 is 0 Å². The summed E-state index contributed by atoms with van der Waals surface area (Å²) >= 11 is 0. The zero-order chi connectivity index (χ0) is 13.8. The van der Waals surface area contributed by atoms with Gasteiger partial charge in [-0.3, -0.25) is 0 Å². The molecule has 0 fully saturated rings. The quantitative estimate of drug-likeness (QED) is 0.458. The van der Waals surface area contributed by atoms with Crippen LogP contribution in [-0.2, 0) is 4.74 Å². The molecule has 0 aromatic heterocycles. The number of rotatable bonds is 11. The molecule has 1 atom stereocenters. The average molecular weight is 264 g/mol. The van der Waals surface area contributed by atoms with E-state index < -0.39 is 6.29 Å². The summed E-state index contributed by atoms with van der Waals surface area (Å²) < 4.78 is 5.43. The van der Waals surface area contributed by atoms with Gasteiger partial charge in [0.05, 0.1) is 6.61 Å². The summed E-state index contributed by atoms with van der Waals surface area (Å²) in [5.41, 5.74) is 0.835. The van der Waals surface area contributed by atoms with E-state index >= 15 is 0 Å². The molecule has 1 unspecified atom stereocenters. The summed E-state index contributed by atoms with van der Waals surface area (Å²) in [5, 5.41) is 9.80. The second kappa shape index (κ2) is 11.0. The molecule has 0 saturated carbocycles. The van der Waals surface area contributed by atoms with Crippen LogP contribution < -0.4 is 0 Å². The lowest BCUT2D eigenvalue weighted by atomic mass is 10.1. The van der Waals surface area contributed by atoms with Crippen LogP contribution in [-0.4, -0.2) is 11.7 Å². The molecule has 2 heteroatoms. The molecule has 0 radical (unpaired) electrons. The van der Waals surface area contributed by atoms with Crippen LogP contribution in [0.25, 0.3) is 0 Å². The number of hydrogen-bond donors (Lipinski definition) is 1. The zero-order valence-electron chi connectivity index (χ0n) is 12.2. The van der Waals surface area contributed by atoms with E-state index in [1.54, 1.807) is 0 Å². The summed E-state index contributed by atoms with van der Waals surface area (Å²) in [5.74, 6) is 0. The minimum atomic E-state index is -0.772. The second-order valence-electron chi connectivity index (χ2n) is 5.11. The fourth-order valence-electron chi connectivity index (χ4n) is 2.14. The Bertz CT molecular complexity index is 297. The Kier molecular flexibility index (Phi) is 9.38. The zero-order valence-corrected chi connectivity index (χ0v) is 12.2. The molecule has 1 aromatic rings. The minimum Gasteiger partial charge on any atom is -0.364 e. The predicted octanol–water partition coefficient (Wildman–Crippen LogP) is 4.83. The number of aliphatic hydroxyl groups excluding tert-OH is 1. The van der Waals surface area contributed by atoms with Crippen molar-refractivity contribution in [1.29, 1.82) is 0 Å². The minimum absolute atomic E-state index is 0.644. The molecular formula is C17H28O2. The van der Waals surface area contributed by atoms with Crippen molar-refractivity contribution in [3.63, 3.8) is 0 Å². The van der Waals surface area contributed by atoms with E-state index in [-0.39, 0.29) is 0 Å². The molecule has 1 rings (SSSR count). The van der Waals surface area contributed by atoms with Gasteiger partial charge in [-0.05, 0) is 6.42 Å². The van der Waals surface area contributed by atoms with Crippen LogP contribution in [0, 0.1) is 0 Å². The third-order valence-electron chi connectivity index (χ3n) is 3.36. The number of unbranched alkanes of at least 4 members (excludes halogenated alkanes) is 7. The first-order chi connectivity index (χ1) is 9.34. The molecule has 1 aromatic carbocycles. The standard InChI is InChI=1S/C17H28O2/c1-2-3-4-5-6-7-8-12-15-19-17(18)16-13-10-9-11-14-16/h9-11,13-14,17-18H,2-8,12,15H2,1H3. The largest absolute Gasteiger partial charge is 0.364 e. The van der Waals surface area contributed by atoms with E-state index in [9.17, 15) is 5.11 Å². The molecule has 1 N–H and O–H groups in total. The van der Waals surface area contributed by atoms with Crippen LogP contribution in [0.15, 0.2) is 30.3 Å². The van der Waals surface area contributed by atoms with Gasteiger partial charge in [-0.2, -0.15) is 0 Å². The SMILES string of the molecule is CCCCCCCCCCOC(O)c1ccccc1. The lowest BCUT2D eigenvalue weighted by Gasteiger charge is -2.11. The van der Waals surface area contributed by atoms with E-state index in [1.165, 1.54) is 44.9 Å². The fraction of sp³-hybridized carbons (Fsp3) is 0.647. The number of benzene rings is 1. The highest BCUT2D eigenvalue weighted by Gasteiger charge is 2.05. The highest BCUT2D eigenvalue weighted by atomic mass is 16.6. The maximum atomic E-state index is 9.80. The van der Waals surface area contributed by atoms with E-state index in [1.807, 2.05) is 30.3 Å². The smallest absolute Gasteiger partial charge is 0.181 e. The number of aliphatic hydroxyl groups is 1. The normalized spacial score (nSPS) is 12.5. The Labute approximate surface area is 117 Å². The van der Waals surface area contributed by atoms with E-state index in [0.717, 1.165) is 12.0 Å². The van der Waals surface area contributed by atoms with Crippen molar-refractivity contribution < 1.29 is 9.84 Å². The van der Waals surface area contributed by atoms with Gasteiger partial charge in [-0.1, -0.05) is 82.2 Å². The lowest BCUT2D eigenvalue weighted by Crippen LogP contribution is -2.04. The third-order valence-corrected chi connectivity index (χ3v) is 3.36. The van der Waals surface area contributed by atoms with E-state index in [2.05, 4.69) is 6.92 Å².